The molecule has 2 aromatic carbocycles. The van der Waals surface area contributed by atoms with Crippen LogP contribution in [0.5, 0.6) is 23.0 Å². The fourth-order valence-corrected chi connectivity index (χ4v) is 7.70. The average molecular weight is 1010 g/mol. The molecular formula is C49H79BrClN7O8. The largest absolute Gasteiger partial charge is 0.493 e. The number of aromatic nitrogens is 2. The van der Waals surface area contributed by atoms with Crippen molar-refractivity contribution in [2.24, 2.45) is 5.92 Å². The second-order valence-electron chi connectivity index (χ2n) is 17.7. The van der Waals surface area contributed by atoms with Gasteiger partial charge in [-0.3, -0.25) is 14.9 Å². The van der Waals surface area contributed by atoms with Crippen molar-refractivity contribution >= 4 is 73.7 Å². The lowest BCUT2D eigenvalue weighted by molar-refractivity contribution is 0.0511. The van der Waals surface area contributed by atoms with Crippen molar-refractivity contribution in [3.63, 3.8) is 0 Å². The number of hydrogen-bond donors (Lipinski definition) is 2. The number of nitrogens with one attached hydrogen (secondary N) is 2. The van der Waals surface area contributed by atoms with Gasteiger partial charge in [0, 0.05) is 110 Å². The summed E-state index contributed by atoms with van der Waals surface area (Å²) in [4.78, 5) is 38.9. The summed E-state index contributed by atoms with van der Waals surface area (Å²) in [6, 6.07) is 12.4. The Kier molecular flexibility index (Phi) is 25.0. The summed E-state index contributed by atoms with van der Waals surface area (Å²) in [5.74, 6) is 3.59. The van der Waals surface area contributed by atoms with Gasteiger partial charge in [-0.15, -0.1) is 12.4 Å². The zero-order chi connectivity index (χ0) is 46.3. The number of alkyl carbamates (subject to hydrolysis) is 2. The SMILES string of the molecule is C.C.CC(C)(C)OC(=O)NCCBr.COc1cc2nccc(N3CCC[C@H](C)C3)c2cc1OC.COc1cc2nccc(N3CCN(CCNC(=O)OC(C)(C)C)[C@H](C)C3)c2cc1OC.Cl. The van der Waals surface area contributed by atoms with Gasteiger partial charge in [-0.05, 0) is 91.5 Å². The molecule has 4 aromatic rings. The minimum atomic E-state index is -0.483. The highest BCUT2D eigenvalue weighted by atomic mass is 79.9. The van der Waals surface area contributed by atoms with Crippen LogP contribution in [-0.4, -0.2) is 130 Å². The molecule has 2 N–H and O–H groups in total. The van der Waals surface area contributed by atoms with E-state index >= 15 is 0 Å². The Morgan fingerprint density at radius 1 is 0.682 bits per heavy atom. The Morgan fingerprint density at radius 2 is 1.12 bits per heavy atom. The number of carbonyl (C=O) groups is 2. The molecule has 0 bridgehead atoms. The predicted octanol–water partition coefficient (Wildman–Crippen LogP) is 10.4. The number of alkyl halides is 1. The standard InChI is InChI=1S/C23H34N4O4.C17H22N2O2.C7H14BrNO2.2CH4.ClH/c1-16-15-27(12-11-26(16)10-9-25-22(28)31-23(2,3)4)19-7-8-24-18-14-21(30-6)20(29-5)13-17(18)19;1-12-5-4-8-19(11-12)15-6-7-18-14-10-17(21-3)16(20-2)9-13(14)15;1-7(2,3)11-6(10)9-5-4-8;;;/h7-8,13-14,16H,9-12,15H2,1-6H3,(H,25,28);6-7,9-10,12H,4-5,8,11H2,1-3H3;4-5H2,1-3H3,(H,9,10);2*1H4;1H/t16-;12-;;;;/m10..../s1. The molecule has 17 heteroatoms. The molecule has 66 heavy (non-hydrogen) atoms. The maximum atomic E-state index is 11.9. The minimum absolute atomic E-state index is 0. The monoisotopic (exact) mass is 1010 g/mol. The van der Waals surface area contributed by atoms with E-state index in [2.05, 4.69) is 77.2 Å². The number of carbonyl (C=O) groups excluding carboxylic acids is 2. The lowest BCUT2D eigenvalue weighted by Gasteiger charge is -2.41. The van der Waals surface area contributed by atoms with Crippen LogP contribution >= 0.6 is 28.3 Å². The van der Waals surface area contributed by atoms with Crippen LogP contribution in [0.3, 0.4) is 0 Å². The number of anilines is 2. The van der Waals surface area contributed by atoms with E-state index in [0.717, 1.165) is 89.5 Å². The number of fused-ring (bicyclic) bond motifs is 2. The molecule has 2 atom stereocenters. The summed E-state index contributed by atoms with van der Waals surface area (Å²) in [7, 11) is 6.60. The van der Waals surface area contributed by atoms with Crippen molar-refractivity contribution < 1.29 is 38.0 Å². The topological polar surface area (TPSA) is 149 Å². The first kappa shape index (κ1) is 59.3. The third kappa shape index (κ3) is 17.9. The van der Waals surface area contributed by atoms with Gasteiger partial charge < -0.3 is 48.9 Å². The number of hydrogen-bond acceptors (Lipinski definition) is 13. The number of benzene rings is 2. The van der Waals surface area contributed by atoms with Crippen LogP contribution in [0.2, 0.25) is 0 Å². The number of rotatable bonds is 11. The highest BCUT2D eigenvalue weighted by Crippen LogP contribution is 2.38. The average Bonchev–Trinajstić information content (AvgIpc) is 3.23. The van der Waals surface area contributed by atoms with Crippen LogP contribution in [0.1, 0.15) is 83.1 Å². The van der Waals surface area contributed by atoms with Crippen molar-refractivity contribution in [2.75, 3.05) is 95.9 Å². The molecule has 0 radical (unpaired) electrons. The molecular weight excluding hydrogens is 930 g/mol. The van der Waals surface area contributed by atoms with Crippen LogP contribution in [-0.2, 0) is 9.47 Å². The Morgan fingerprint density at radius 3 is 1.53 bits per heavy atom. The molecule has 0 aliphatic carbocycles. The number of nitrogens with zero attached hydrogens (tertiary/aromatic N) is 5. The summed E-state index contributed by atoms with van der Waals surface area (Å²) in [5.41, 5.74) is 3.33. The summed E-state index contributed by atoms with van der Waals surface area (Å²) in [6.07, 6.45) is 5.55. The predicted molar refractivity (Wildman–Crippen MR) is 277 cm³/mol. The van der Waals surface area contributed by atoms with E-state index in [1.807, 2.05) is 78.2 Å². The van der Waals surface area contributed by atoms with Crippen LogP contribution in [0.25, 0.3) is 21.8 Å². The van der Waals surface area contributed by atoms with E-state index in [0.29, 0.717) is 30.6 Å². The van der Waals surface area contributed by atoms with Crippen molar-refractivity contribution in [3.8, 4) is 23.0 Å². The molecule has 0 spiro atoms. The van der Waals surface area contributed by atoms with Gasteiger partial charge >= 0.3 is 12.2 Å². The molecule has 372 valence electrons. The molecule has 2 aliphatic rings. The zero-order valence-corrected chi connectivity index (χ0v) is 42.2. The van der Waals surface area contributed by atoms with Crippen molar-refractivity contribution in [3.05, 3.63) is 48.8 Å². The third-order valence-corrected chi connectivity index (χ3v) is 10.8. The molecule has 2 aromatic heterocycles. The highest BCUT2D eigenvalue weighted by Gasteiger charge is 2.26. The van der Waals surface area contributed by atoms with E-state index in [1.54, 1.807) is 28.4 Å². The first-order valence-corrected chi connectivity index (χ1v) is 22.8. The van der Waals surface area contributed by atoms with Gasteiger partial charge in [-0.25, -0.2) is 9.59 Å². The molecule has 15 nitrogen and oxygen atoms in total. The van der Waals surface area contributed by atoms with Gasteiger partial charge in [-0.1, -0.05) is 37.7 Å². The summed E-state index contributed by atoms with van der Waals surface area (Å²) < 4.78 is 32.0. The third-order valence-electron chi connectivity index (χ3n) is 10.4. The number of piperazine rings is 1. The normalized spacial score (nSPS) is 16.0. The maximum Gasteiger partial charge on any atom is 0.407 e. The number of pyridine rings is 2. The quantitative estimate of drug-likeness (QED) is 0.137. The van der Waals surface area contributed by atoms with Crippen LogP contribution < -0.4 is 39.4 Å². The van der Waals surface area contributed by atoms with Crippen LogP contribution in [0.4, 0.5) is 21.0 Å². The molecule has 4 heterocycles. The lowest BCUT2D eigenvalue weighted by atomic mass is 9.99. The van der Waals surface area contributed by atoms with Gasteiger partial charge in [0.15, 0.2) is 23.0 Å². The Balaban J connectivity index is 0.000000540. The van der Waals surface area contributed by atoms with Gasteiger partial charge in [0.25, 0.3) is 0 Å². The molecule has 0 unspecified atom stereocenters. The molecule has 2 aliphatic heterocycles. The maximum absolute atomic E-state index is 11.9. The summed E-state index contributed by atoms with van der Waals surface area (Å²) >= 11 is 3.19. The van der Waals surface area contributed by atoms with Gasteiger partial charge in [0.1, 0.15) is 11.2 Å². The molecule has 2 saturated heterocycles. The Hall–Kier alpha value is -4.67. The number of methoxy groups -OCH3 is 4. The van der Waals surface area contributed by atoms with E-state index < -0.39 is 11.2 Å². The molecule has 2 fully saturated rings. The molecule has 6 rings (SSSR count). The van der Waals surface area contributed by atoms with Gasteiger partial charge in [0.2, 0.25) is 0 Å². The van der Waals surface area contributed by atoms with Crippen LogP contribution in [0.15, 0.2) is 48.8 Å². The van der Waals surface area contributed by atoms with Gasteiger partial charge in [-0.2, -0.15) is 0 Å². The fraction of sp³-hybridized carbons (Fsp3) is 0.592. The van der Waals surface area contributed by atoms with E-state index in [4.69, 9.17) is 28.4 Å². The Bertz CT molecular complexity index is 2100. The second-order valence-corrected chi connectivity index (χ2v) is 18.5. The number of halogens is 2. The van der Waals surface area contributed by atoms with Crippen molar-refractivity contribution in [1.29, 1.82) is 0 Å². The fourth-order valence-electron chi connectivity index (χ4n) is 7.50. The lowest BCUT2D eigenvalue weighted by Crippen LogP contribution is -2.53. The molecule has 2 amide bonds. The van der Waals surface area contributed by atoms with Gasteiger partial charge in [0.05, 0.1) is 39.5 Å². The highest BCUT2D eigenvalue weighted by molar-refractivity contribution is 9.09. The smallest absolute Gasteiger partial charge is 0.407 e. The van der Waals surface area contributed by atoms with E-state index in [9.17, 15) is 9.59 Å². The summed E-state index contributed by atoms with van der Waals surface area (Å²) in [5, 5.41) is 8.35. The van der Waals surface area contributed by atoms with Crippen molar-refractivity contribution in [1.82, 2.24) is 25.5 Å². The number of ether oxygens (including phenoxy) is 6. The second kappa shape index (κ2) is 27.8. The zero-order valence-electron chi connectivity index (χ0n) is 39.8. The molecule has 0 saturated carbocycles. The van der Waals surface area contributed by atoms with Crippen LogP contribution in [0, 0.1) is 5.92 Å². The summed E-state index contributed by atoms with van der Waals surface area (Å²) in [6.45, 7) is 22.5. The van der Waals surface area contributed by atoms with E-state index in [1.165, 1.54) is 18.5 Å². The minimum Gasteiger partial charge on any atom is -0.493 e. The number of piperidine rings is 1. The number of amides is 2. The Labute approximate surface area is 409 Å². The van der Waals surface area contributed by atoms with Crippen molar-refractivity contribution in [2.45, 2.75) is 100 Å². The van der Waals surface area contributed by atoms with E-state index in [-0.39, 0.29) is 39.4 Å². The first-order chi connectivity index (χ1) is 29.9. The first-order valence-electron chi connectivity index (χ1n) is 21.6.